The lowest BCUT2D eigenvalue weighted by Gasteiger charge is -2.22. The molecule has 0 atom stereocenters. The third-order valence-electron chi connectivity index (χ3n) is 3.00. The Morgan fingerprint density at radius 3 is 2.67 bits per heavy atom. The highest BCUT2D eigenvalue weighted by Gasteiger charge is 2.14. The first-order chi connectivity index (χ1) is 8.63. The highest BCUT2D eigenvalue weighted by molar-refractivity contribution is 5.54. The van der Waals surface area contributed by atoms with Crippen molar-refractivity contribution in [2.24, 2.45) is 0 Å². The van der Waals surface area contributed by atoms with Crippen molar-refractivity contribution in [3.63, 3.8) is 0 Å². The molecule has 96 valence electrons. The molecular weight excluding hydrogens is 233 g/mol. The zero-order valence-electron chi connectivity index (χ0n) is 10.5. The lowest BCUT2D eigenvalue weighted by molar-refractivity contribution is 0.281. The number of hydrogen-bond donors (Lipinski definition) is 1. The van der Waals surface area contributed by atoms with Crippen LogP contribution in [-0.4, -0.2) is 12.2 Å². The van der Waals surface area contributed by atoms with Gasteiger partial charge in [0.05, 0.1) is 18.6 Å². The Morgan fingerprint density at radius 1 is 1.28 bits per heavy atom. The van der Waals surface area contributed by atoms with Crippen LogP contribution >= 0.6 is 0 Å². The van der Waals surface area contributed by atoms with Gasteiger partial charge in [0.2, 0.25) is 0 Å². The minimum Gasteiger partial charge on any atom is -0.469 e. The van der Waals surface area contributed by atoms with E-state index in [1.807, 2.05) is 13.0 Å². The van der Waals surface area contributed by atoms with Crippen LogP contribution in [0, 0.1) is 12.7 Å². The largest absolute Gasteiger partial charge is 0.469 e. The van der Waals surface area contributed by atoms with Crippen LogP contribution in [0.15, 0.2) is 34.9 Å². The number of aliphatic hydroxyl groups excluding tert-OH is 1. The lowest BCUT2D eigenvalue weighted by atomic mass is 10.1. The average molecular weight is 249 g/mol. The summed E-state index contributed by atoms with van der Waals surface area (Å²) in [5.74, 6) is 0.494. The maximum atomic E-state index is 13.8. The third kappa shape index (κ3) is 2.38. The first kappa shape index (κ1) is 12.6. The predicted molar refractivity (Wildman–Crippen MR) is 67.9 cm³/mol. The molecule has 1 heterocycles. The van der Waals surface area contributed by atoms with Crippen molar-refractivity contribution in [1.82, 2.24) is 0 Å². The van der Waals surface area contributed by atoms with Crippen LogP contribution in [0.4, 0.5) is 10.1 Å². The van der Waals surface area contributed by atoms with E-state index in [-0.39, 0.29) is 12.4 Å². The highest BCUT2D eigenvalue weighted by atomic mass is 19.1. The van der Waals surface area contributed by atoms with Crippen LogP contribution in [0.2, 0.25) is 0 Å². The minimum atomic E-state index is -0.329. The standard InChI is InChI=1S/C14H16FNO2/c1-10-11(6-7-18-10)8-16(2)14-12(9-17)4-3-5-13(14)15/h3-7,17H,8-9H2,1-2H3. The van der Waals surface area contributed by atoms with Gasteiger partial charge in [-0.25, -0.2) is 4.39 Å². The molecule has 0 aliphatic carbocycles. The first-order valence-electron chi connectivity index (χ1n) is 5.76. The fraction of sp³-hybridized carbons (Fsp3) is 0.286. The third-order valence-corrected chi connectivity index (χ3v) is 3.00. The molecule has 0 saturated carbocycles. The van der Waals surface area contributed by atoms with Crippen LogP contribution < -0.4 is 4.90 Å². The van der Waals surface area contributed by atoms with Gasteiger partial charge in [-0.3, -0.25) is 0 Å². The molecule has 3 nitrogen and oxygen atoms in total. The number of nitrogens with zero attached hydrogens (tertiary/aromatic N) is 1. The molecule has 18 heavy (non-hydrogen) atoms. The molecule has 1 aromatic carbocycles. The maximum absolute atomic E-state index is 13.8. The van der Waals surface area contributed by atoms with Crippen molar-refractivity contribution in [2.45, 2.75) is 20.1 Å². The zero-order valence-corrected chi connectivity index (χ0v) is 10.5. The summed E-state index contributed by atoms with van der Waals surface area (Å²) in [4.78, 5) is 1.78. The van der Waals surface area contributed by atoms with Crippen molar-refractivity contribution in [3.05, 3.63) is 53.2 Å². The second-order valence-electron chi connectivity index (χ2n) is 4.26. The Bertz CT molecular complexity index is 536. The van der Waals surface area contributed by atoms with Gasteiger partial charge in [0.25, 0.3) is 0 Å². The van der Waals surface area contributed by atoms with E-state index in [0.29, 0.717) is 17.8 Å². The molecule has 0 aliphatic rings. The van der Waals surface area contributed by atoms with Gasteiger partial charge in [-0.05, 0) is 19.1 Å². The second kappa shape index (κ2) is 5.23. The smallest absolute Gasteiger partial charge is 0.146 e. The Kier molecular flexibility index (Phi) is 3.67. The normalized spacial score (nSPS) is 10.7. The van der Waals surface area contributed by atoms with E-state index in [2.05, 4.69) is 0 Å². The Hall–Kier alpha value is -1.81. The molecule has 0 fully saturated rings. The van der Waals surface area contributed by atoms with Crippen molar-refractivity contribution < 1.29 is 13.9 Å². The van der Waals surface area contributed by atoms with E-state index in [4.69, 9.17) is 4.42 Å². The number of benzene rings is 1. The molecule has 0 spiro atoms. The number of aryl methyl sites for hydroxylation is 1. The molecule has 1 N–H and O–H groups in total. The van der Waals surface area contributed by atoms with E-state index >= 15 is 0 Å². The number of furan rings is 1. The van der Waals surface area contributed by atoms with Crippen LogP contribution in [0.1, 0.15) is 16.9 Å². The average Bonchev–Trinajstić information content (AvgIpc) is 2.74. The van der Waals surface area contributed by atoms with Crippen molar-refractivity contribution in [2.75, 3.05) is 11.9 Å². The number of aliphatic hydroxyl groups is 1. The molecule has 4 heteroatoms. The summed E-state index contributed by atoms with van der Waals surface area (Å²) in [5.41, 5.74) is 2.02. The quantitative estimate of drug-likeness (QED) is 0.905. The van der Waals surface area contributed by atoms with Gasteiger partial charge < -0.3 is 14.4 Å². The minimum absolute atomic E-state index is 0.179. The van der Waals surface area contributed by atoms with E-state index in [1.54, 1.807) is 30.3 Å². The summed E-state index contributed by atoms with van der Waals surface area (Å²) in [5, 5.41) is 9.26. The second-order valence-corrected chi connectivity index (χ2v) is 4.26. The SMILES string of the molecule is Cc1occc1CN(C)c1c(F)cccc1CO. The fourth-order valence-electron chi connectivity index (χ4n) is 2.02. The Morgan fingerprint density at radius 2 is 2.06 bits per heavy atom. The Balaban J connectivity index is 2.29. The van der Waals surface area contributed by atoms with Gasteiger partial charge in [-0.2, -0.15) is 0 Å². The van der Waals surface area contributed by atoms with Crippen molar-refractivity contribution in [1.29, 1.82) is 0 Å². The van der Waals surface area contributed by atoms with Gasteiger partial charge in [0, 0.05) is 24.7 Å². The molecule has 2 rings (SSSR count). The summed E-state index contributed by atoms with van der Waals surface area (Å²) >= 11 is 0. The van der Waals surface area contributed by atoms with Gasteiger partial charge in [-0.15, -0.1) is 0 Å². The van der Waals surface area contributed by atoms with Gasteiger partial charge in [0.15, 0.2) is 0 Å². The van der Waals surface area contributed by atoms with Crippen LogP contribution in [-0.2, 0) is 13.2 Å². The molecule has 0 bridgehead atoms. The molecule has 0 radical (unpaired) electrons. The van der Waals surface area contributed by atoms with Crippen LogP contribution in [0.3, 0.4) is 0 Å². The Labute approximate surface area is 105 Å². The number of hydrogen-bond acceptors (Lipinski definition) is 3. The predicted octanol–water partition coefficient (Wildman–Crippen LogP) is 2.86. The number of para-hydroxylation sites is 1. The number of halogens is 1. The van der Waals surface area contributed by atoms with Gasteiger partial charge >= 0.3 is 0 Å². The molecule has 2 aromatic rings. The molecule has 0 unspecified atom stereocenters. The lowest BCUT2D eigenvalue weighted by Crippen LogP contribution is -2.19. The van der Waals surface area contributed by atoms with E-state index in [1.165, 1.54) is 6.07 Å². The maximum Gasteiger partial charge on any atom is 0.146 e. The summed E-state index contributed by atoms with van der Waals surface area (Å²) in [6.07, 6.45) is 1.62. The summed E-state index contributed by atoms with van der Waals surface area (Å²) in [6.45, 7) is 2.23. The highest BCUT2D eigenvalue weighted by Crippen LogP contribution is 2.25. The zero-order chi connectivity index (χ0) is 13.1. The summed E-state index contributed by atoms with van der Waals surface area (Å²) < 4.78 is 19.1. The first-order valence-corrected chi connectivity index (χ1v) is 5.76. The molecule has 0 saturated heterocycles. The van der Waals surface area contributed by atoms with Crippen LogP contribution in [0.25, 0.3) is 0 Å². The number of anilines is 1. The summed E-state index contributed by atoms with van der Waals surface area (Å²) in [6, 6.07) is 6.58. The van der Waals surface area contributed by atoms with E-state index in [0.717, 1.165) is 11.3 Å². The molecule has 1 aromatic heterocycles. The fourth-order valence-corrected chi connectivity index (χ4v) is 2.02. The van der Waals surface area contributed by atoms with Crippen molar-refractivity contribution in [3.8, 4) is 0 Å². The van der Waals surface area contributed by atoms with E-state index < -0.39 is 0 Å². The van der Waals surface area contributed by atoms with Crippen molar-refractivity contribution >= 4 is 5.69 Å². The van der Waals surface area contributed by atoms with E-state index in [9.17, 15) is 9.50 Å². The molecular formula is C14H16FNO2. The molecule has 0 amide bonds. The monoisotopic (exact) mass is 249 g/mol. The molecule has 0 aliphatic heterocycles. The van der Waals surface area contributed by atoms with Gasteiger partial charge in [-0.1, -0.05) is 12.1 Å². The van der Waals surface area contributed by atoms with Crippen LogP contribution in [0.5, 0.6) is 0 Å². The number of rotatable bonds is 4. The summed E-state index contributed by atoms with van der Waals surface area (Å²) in [7, 11) is 1.80. The van der Waals surface area contributed by atoms with Gasteiger partial charge in [0.1, 0.15) is 11.6 Å². The topological polar surface area (TPSA) is 36.6 Å².